The number of rotatable bonds is 1. The fraction of sp³-hybridized carbons (Fsp3) is 0.222. The van der Waals surface area contributed by atoms with Gasteiger partial charge in [-0.2, -0.15) is 0 Å². The quantitative estimate of drug-likeness (QED) is 0.811. The third-order valence-corrected chi connectivity index (χ3v) is 3.92. The first-order valence-electron chi connectivity index (χ1n) is 7.35. The van der Waals surface area contributed by atoms with E-state index in [1.54, 1.807) is 16.7 Å². The van der Waals surface area contributed by atoms with Gasteiger partial charge in [0.05, 0.1) is 17.4 Å². The minimum atomic E-state index is -0.0555. The summed E-state index contributed by atoms with van der Waals surface area (Å²) in [6.07, 6.45) is 0. The van der Waals surface area contributed by atoms with E-state index in [4.69, 9.17) is 0 Å². The molecule has 112 valence electrons. The molecule has 1 heterocycles. The van der Waals surface area contributed by atoms with E-state index in [9.17, 15) is 9.59 Å². The lowest BCUT2D eigenvalue weighted by Gasteiger charge is -2.40. The molecule has 2 aromatic rings. The summed E-state index contributed by atoms with van der Waals surface area (Å²) < 4.78 is 0. The van der Waals surface area contributed by atoms with Crippen LogP contribution in [0.3, 0.4) is 0 Å². The van der Waals surface area contributed by atoms with Gasteiger partial charge in [-0.1, -0.05) is 30.3 Å². The Morgan fingerprint density at radius 3 is 2.18 bits per heavy atom. The summed E-state index contributed by atoms with van der Waals surface area (Å²) in [4.78, 5) is 28.3. The second-order valence-electron chi connectivity index (χ2n) is 5.51. The van der Waals surface area contributed by atoms with Gasteiger partial charge >= 0.3 is 0 Å². The van der Waals surface area contributed by atoms with Gasteiger partial charge in [-0.05, 0) is 31.2 Å². The summed E-state index contributed by atoms with van der Waals surface area (Å²) in [7, 11) is 0. The van der Waals surface area contributed by atoms with Crippen molar-refractivity contribution in [3.05, 3.63) is 60.2 Å². The topological polar surface area (TPSA) is 40.6 Å². The van der Waals surface area contributed by atoms with Crippen LogP contribution in [0.5, 0.6) is 0 Å². The largest absolute Gasteiger partial charge is 0.306 e. The first-order valence-corrected chi connectivity index (χ1v) is 7.35. The second kappa shape index (κ2) is 5.64. The van der Waals surface area contributed by atoms with Gasteiger partial charge in [-0.25, -0.2) is 0 Å². The molecule has 0 aromatic heterocycles. The normalized spacial score (nSPS) is 17.1. The van der Waals surface area contributed by atoms with Gasteiger partial charge < -0.3 is 9.80 Å². The average molecular weight is 294 g/mol. The number of benzene rings is 2. The zero-order valence-electron chi connectivity index (χ0n) is 12.7. The summed E-state index contributed by atoms with van der Waals surface area (Å²) in [5.41, 5.74) is 2.23. The van der Waals surface area contributed by atoms with E-state index in [2.05, 4.69) is 0 Å². The number of hydrogen-bond donors (Lipinski definition) is 0. The molecule has 22 heavy (non-hydrogen) atoms. The zero-order valence-corrected chi connectivity index (χ0v) is 12.7. The Kier molecular flexibility index (Phi) is 3.67. The van der Waals surface area contributed by atoms with Crippen molar-refractivity contribution in [3.8, 4) is 0 Å². The smallest absolute Gasteiger partial charge is 0.258 e. The Morgan fingerprint density at radius 2 is 1.55 bits per heavy atom. The fourth-order valence-corrected chi connectivity index (χ4v) is 2.99. The molecule has 0 N–H and O–H groups in total. The van der Waals surface area contributed by atoms with Crippen LogP contribution in [0.15, 0.2) is 54.6 Å². The zero-order chi connectivity index (χ0) is 15.7. The van der Waals surface area contributed by atoms with Crippen molar-refractivity contribution in [2.45, 2.75) is 19.9 Å². The van der Waals surface area contributed by atoms with Crippen LogP contribution in [0.2, 0.25) is 0 Å². The maximum atomic E-state index is 12.8. The van der Waals surface area contributed by atoms with Gasteiger partial charge in [-0.3, -0.25) is 9.59 Å². The summed E-state index contributed by atoms with van der Waals surface area (Å²) in [5.74, 6) is -0.0464. The van der Waals surface area contributed by atoms with Crippen molar-refractivity contribution in [2.24, 2.45) is 0 Å². The van der Waals surface area contributed by atoms with E-state index in [0.29, 0.717) is 12.1 Å². The minimum Gasteiger partial charge on any atom is -0.306 e. The molecular weight excluding hydrogens is 276 g/mol. The monoisotopic (exact) mass is 294 g/mol. The summed E-state index contributed by atoms with van der Waals surface area (Å²) >= 11 is 0. The molecule has 4 nitrogen and oxygen atoms in total. The first kappa shape index (κ1) is 14.3. The lowest BCUT2D eigenvalue weighted by molar-refractivity contribution is -0.117. The SMILES string of the molecule is CC(=O)N1c2ccccc2N(C(=O)c2ccccc2)C[C@@H]1C. The van der Waals surface area contributed by atoms with Crippen molar-refractivity contribution in [1.29, 1.82) is 0 Å². The van der Waals surface area contributed by atoms with E-state index in [-0.39, 0.29) is 17.9 Å². The van der Waals surface area contributed by atoms with Gasteiger partial charge in [0, 0.05) is 19.0 Å². The second-order valence-corrected chi connectivity index (χ2v) is 5.51. The van der Waals surface area contributed by atoms with Gasteiger partial charge in [0.25, 0.3) is 5.91 Å². The van der Waals surface area contributed by atoms with Gasteiger partial charge in [0.2, 0.25) is 5.91 Å². The lowest BCUT2D eigenvalue weighted by atomic mass is 10.1. The van der Waals surface area contributed by atoms with E-state index < -0.39 is 0 Å². The van der Waals surface area contributed by atoms with Crippen LogP contribution >= 0.6 is 0 Å². The number of amides is 2. The maximum Gasteiger partial charge on any atom is 0.258 e. The van der Waals surface area contributed by atoms with E-state index in [1.807, 2.05) is 61.5 Å². The van der Waals surface area contributed by atoms with E-state index >= 15 is 0 Å². The molecular formula is C18H18N2O2. The molecule has 1 atom stereocenters. The number of carbonyl (C=O) groups is 2. The molecule has 0 spiro atoms. The molecule has 2 aromatic carbocycles. The van der Waals surface area contributed by atoms with Crippen molar-refractivity contribution in [3.63, 3.8) is 0 Å². The molecule has 2 amide bonds. The van der Waals surface area contributed by atoms with E-state index in [0.717, 1.165) is 11.4 Å². The summed E-state index contributed by atoms with van der Waals surface area (Å²) in [6.45, 7) is 4.01. The highest BCUT2D eigenvalue weighted by Crippen LogP contribution is 2.36. The van der Waals surface area contributed by atoms with Crippen LogP contribution in [-0.4, -0.2) is 24.4 Å². The Bertz CT molecular complexity index is 712. The molecule has 1 aliphatic rings. The van der Waals surface area contributed by atoms with Gasteiger partial charge in [0.1, 0.15) is 0 Å². The highest BCUT2D eigenvalue weighted by molar-refractivity contribution is 6.10. The predicted molar refractivity (Wildman–Crippen MR) is 87.2 cm³/mol. The number of carbonyl (C=O) groups excluding carboxylic acids is 2. The summed E-state index contributed by atoms with van der Waals surface area (Å²) in [6, 6.07) is 16.7. The molecule has 0 aliphatic carbocycles. The first-order chi connectivity index (χ1) is 10.6. The molecule has 0 saturated heterocycles. The number of nitrogens with zero attached hydrogens (tertiary/aromatic N) is 2. The van der Waals surface area contributed by atoms with Crippen LogP contribution in [0.4, 0.5) is 11.4 Å². The van der Waals surface area contributed by atoms with Crippen molar-refractivity contribution < 1.29 is 9.59 Å². The molecule has 0 fully saturated rings. The number of para-hydroxylation sites is 2. The molecule has 1 aliphatic heterocycles. The average Bonchev–Trinajstić information content (AvgIpc) is 2.53. The number of fused-ring (bicyclic) bond motifs is 1. The van der Waals surface area contributed by atoms with E-state index in [1.165, 1.54) is 0 Å². The fourth-order valence-electron chi connectivity index (χ4n) is 2.99. The molecule has 0 saturated carbocycles. The maximum absolute atomic E-state index is 12.8. The molecule has 0 bridgehead atoms. The Hall–Kier alpha value is -2.62. The Balaban J connectivity index is 2.05. The third-order valence-electron chi connectivity index (χ3n) is 3.92. The Labute approximate surface area is 130 Å². The van der Waals surface area contributed by atoms with Crippen LogP contribution in [0, 0.1) is 0 Å². The van der Waals surface area contributed by atoms with Crippen LogP contribution in [0.25, 0.3) is 0 Å². The van der Waals surface area contributed by atoms with Crippen molar-refractivity contribution in [2.75, 3.05) is 16.3 Å². The van der Waals surface area contributed by atoms with Gasteiger partial charge in [-0.15, -0.1) is 0 Å². The molecule has 3 rings (SSSR count). The van der Waals surface area contributed by atoms with Crippen LogP contribution in [0.1, 0.15) is 24.2 Å². The highest BCUT2D eigenvalue weighted by Gasteiger charge is 2.33. The van der Waals surface area contributed by atoms with Crippen LogP contribution in [-0.2, 0) is 4.79 Å². The van der Waals surface area contributed by atoms with Crippen molar-refractivity contribution in [1.82, 2.24) is 0 Å². The van der Waals surface area contributed by atoms with Crippen LogP contribution < -0.4 is 9.80 Å². The molecule has 0 unspecified atom stereocenters. The Morgan fingerprint density at radius 1 is 0.955 bits per heavy atom. The standard InChI is InChI=1S/C18H18N2O2/c1-13-12-19(18(22)15-8-4-3-5-9-15)16-10-6-7-11-17(16)20(13)14(2)21/h3-11,13H,12H2,1-2H3/t13-/m0/s1. The minimum absolute atomic E-state index is 0.00763. The number of hydrogen-bond acceptors (Lipinski definition) is 2. The lowest BCUT2D eigenvalue weighted by Crippen LogP contribution is -2.51. The predicted octanol–water partition coefficient (Wildman–Crippen LogP) is 3.09. The molecule has 0 radical (unpaired) electrons. The highest BCUT2D eigenvalue weighted by atomic mass is 16.2. The third kappa shape index (κ3) is 2.37. The van der Waals surface area contributed by atoms with Crippen molar-refractivity contribution >= 4 is 23.2 Å². The number of anilines is 2. The van der Waals surface area contributed by atoms with Gasteiger partial charge in [0.15, 0.2) is 0 Å². The molecule has 4 heteroatoms. The summed E-state index contributed by atoms with van der Waals surface area (Å²) in [5, 5.41) is 0.